The number of anilines is 1. The van der Waals surface area contributed by atoms with Crippen LogP contribution in [0.4, 0.5) is 5.82 Å². The first kappa shape index (κ1) is 19.4. The topological polar surface area (TPSA) is 81.8 Å². The van der Waals surface area contributed by atoms with E-state index in [0.717, 1.165) is 57.4 Å². The molecule has 1 aromatic carbocycles. The Morgan fingerprint density at radius 3 is 2.90 bits per heavy atom. The van der Waals surface area contributed by atoms with E-state index in [1.165, 1.54) is 6.42 Å². The minimum Gasteiger partial charge on any atom is -0.307 e. The van der Waals surface area contributed by atoms with Gasteiger partial charge in [-0.25, -0.2) is 9.67 Å². The summed E-state index contributed by atoms with van der Waals surface area (Å²) >= 11 is 0. The van der Waals surface area contributed by atoms with Gasteiger partial charge >= 0.3 is 0 Å². The SMILES string of the molecule is CCCCn1nccc1NC(=O)c1ccc2c(=O)n3c(nc2c1)CCCCCC3. The van der Waals surface area contributed by atoms with Crippen molar-refractivity contribution < 1.29 is 4.79 Å². The normalized spacial score (nSPS) is 14.2. The second-order valence-corrected chi connectivity index (χ2v) is 7.63. The molecule has 2 aromatic heterocycles. The summed E-state index contributed by atoms with van der Waals surface area (Å²) in [6, 6.07) is 6.93. The Bertz CT molecular complexity index is 1080. The fourth-order valence-electron chi connectivity index (χ4n) is 3.85. The lowest BCUT2D eigenvalue weighted by atomic mass is 10.1. The van der Waals surface area contributed by atoms with Crippen LogP contribution >= 0.6 is 0 Å². The van der Waals surface area contributed by atoms with Crippen LogP contribution in [0.3, 0.4) is 0 Å². The zero-order chi connectivity index (χ0) is 20.2. The van der Waals surface area contributed by atoms with Crippen molar-refractivity contribution >= 4 is 22.6 Å². The van der Waals surface area contributed by atoms with Gasteiger partial charge in [-0.15, -0.1) is 0 Å². The standard InChI is InChI=1S/C22H27N5O2/c1-2-3-14-27-20(11-12-23-27)25-21(28)16-9-10-17-18(15-16)24-19-8-6-4-5-7-13-26(19)22(17)29/h9-12,15H,2-8,13-14H2,1H3,(H,25,28). The summed E-state index contributed by atoms with van der Waals surface area (Å²) in [6.07, 6.45) is 8.92. The number of carbonyl (C=O) groups is 1. The molecule has 7 heteroatoms. The number of aryl methyl sites for hydroxylation is 2. The molecule has 0 radical (unpaired) electrons. The first-order chi connectivity index (χ1) is 14.2. The fourth-order valence-corrected chi connectivity index (χ4v) is 3.85. The van der Waals surface area contributed by atoms with Crippen LogP contribution in [0.15, 0.2) is 35.3 Å². The number of nitrogens with zero attached hydrogens (tertiary/aromatic N) is 4. The lowest BCUT2D eigenvalue weighted by Gasteiger charge is -2.16. The molecule has 3 heterocycles. The van der Waals surface area contributed by atoms with Crippen LogP contribution in [0, 0.1) is 0 Å². The third-order valence-corrected chi connectivity index (χ3v) is 5.51. The van der Waals surface area contributed by atoms with Gasteiger partial charge in [0, 0.05) is 31.1 Å². The maximum atomic E-state index is 12.9. The van der Waals surface area contributed by atoms with Gasteiger partial charge in [0.25, 0.3) is 11.5 Å². The zero-order valence-electron chi connectivity index (χ0n) is 16.9. The smallest absolute Gasteiger partial charge is 0.261 e. The number of hydrogen-bond acceptors (Lipinski definition) is 4. The molecule has 1 N–H and O–H groups in total. The quantitative estimate of drug-likeness (QED) is 0.715. The number of amides is 1. The minimum atomic E-state index is -0.223. The van der Waals surface area contributed by atoms with E-state index in [4.69, 9.17) is 4.98 Å². The van der Waals surface area contributed by atoms with Crippen molar-refractivity contribution in [3.8, 4) is 0 Å². The number of fused-ring (bicyclic) bond motifs is 2. The molecule has 4 rings (SSSR count). The molecule has 0 bridgehead atoms. The molecular weight excluding hydrogens is 366 g/mol. The number of carbonyl (C=O) groups excluding carboxylic acids is 1. The Labute approximate surface area is 169 Å². The second kappa shape index (κ2) is 8.59. The summed E-state index contributed by atoms with van der Waals surface area (Å²) in [5.74, 6) is 1.28. The van der Waals surface area contributed by atoms with E-state index in [9.17, 15) is 9.59 Å². The highest BCUT2D eigenvalue weighted by atomic mass is 16.2. The predicted molar refractivity (Wildman–Crippen MR) is 113 cm³/mol. The van der Waals surface area contributed by atoms with Gasteiger partial charge in [-0.3, -0.25) is 14.2 Å². The van der Waals surface area contributed by atoms with E-state index >= 15 is 0 Å². The van der Waals surface area contributed by atoms with Crippen LogP contribution in [0.2, 0.25) is 0 Å². The molecule has 3 aromatic rings. The molecule has 0 spiro atoms. The molecule has 0 atom stereocenters. The maximum Gasteiger partial charge on any atom is 0.261 e. The van der Waals surface area contributed by atoms with E-state index in [2.05, 4.69) is 17.3 Å². The minimum absolute atomic E-state index is 0.00324. The summed E-state index contributed by atoms with van der Waals surface area (Å²) in [6.45, 7) is 3.61. The van der Waals surface area contributed by atoms with Crippen molar-refractivity contribution in [1.82, 2.24) is 19.3 Å². The first-order valence-electron chi connectivity index (χ1n) is 10.5. The van der Waals surface area contributed by atoms with Gasteiger partial charge in [-0.05, 0) is 37.5 Å². The van der Waals surface area contributed by atoms with Crippen molar-refractivity contribution in [2.45, 2.75) is 65.0 Å². The van der Waals surface area contributed by atoms with Gasteiger partial charge in [0.2, 0.25) is 0 Å². The Hall–Kier alpha value is -2.96. The van der Waals surface area contributed by atoms with E-state index in [1.54, 1.807) is 35.1 Å². The Kier molecular flexibility index (Phi) is 5.74. The maximum absolute atomic E-state index is 12.9. The predicted octanol–water partition coefficient (Wildman–Crippen LogP) is 3.76. The Morgan fingerprint density at radius 2 is 2.03 bits per heavy atom. The lowest BCUT2D eigenvalue weighted by Crippen LogP contribution is -2.26. The van der Waals surface area contributed by atoms with Gasteiger partial charge in [-0.1, -0.05) is 26.2 Å². The molecule has 0 saturated carbocycles. The highest BCUT2D eigenvalue weighted by molar-refractivity contribution is 6.05. The number of benzene rings is 1. The molecule has 152 valence electrons. The van der Waals surface area contributed by atoms with Crippen molar-refractivity contribution in [2.24, 2.45) is 0 Å². The van der Waals surface area contributed by atoms with Crippen LogP contribution < -0.4 is 10.9 Å². The third-order valence-electron chi connectivity index (χ3n) is 5.51. The van der Waals surface area contributed by atoms with Crippen molar-refractivity contribution in [3.05, 3.63) is 52.2 Å². The summed E-state index contributed by atoms with van der Waals surface area (Å²) in [5, 5.41) is 7.77. The molecular formula is C22H27N5O2. The molecule has 29 heavy (non-hydrogen) atoms. The Morgan fingerprint density at radius 1 is 1.17 bits per heavy atom. The molecule has 1 amide bonds. The zero-order valence-corrected chi connectivity index (χ0v) is 16.9. The van der Waals surface area contributed by atoms with Crippen LogP contribution in [0.5, 0.6) is 0 Å². The highest BCUT2D eigenvalue weighted by Gasteiger charge is 2.15. The summed E-state index contributed by atoms with van der Waals surface area (Å²) in [7, 11) is 0. The van der Waals surface area contributed by atoms with Crippen molar-refractivity contribution in [1.29, 1.82) is 0 Å². The highest BCUT2D eigenvalue weighted by Crippen LogP contribution is 2.17. The van der Waals surface area contributed by atoms with Crippen LogP contribution in [0.25, 0.3) is 10.9 Å². The van der Waals surface area contributed by atoms with Crippen LogP contribution in [0.1, 0.15) is 61.6 Å². The number of rotatable bonds is 5. The molecule has 0 fully saturated rings. The van der Waals surface area contributed by atoms with E-state index < -0.39 is 0 Å². The van der Waals surface area contributed by atoms with Crippen molar-refractivity contribution in [2.75, 3.05) is 5.32 Å². The van der Waals surface area contributed by atoms with Gasteiger partial charge in [0.1, 0.15) is 11.6 Å². The average Bonchev–Trinajstić information content (AvgIpc) is 3.14. The fraction of sp³-hybridized carbons (Fsp3) is 0.455. The van der Waals surface area contributed by atoms with Gasteiger partial charge in [-0.2, -0.15) is 5.10 Å². The number of hydrogen-bond donors (Lipinski definition) is 1. The van der Waals surface area contributed by atoms with Gasteiger partial charge < -0.3 is 5.32 Å². The first-order valence-corrected chi connectivity index (χ1v) is 10.5. The van der Waals surface area contributed by atoms with E-state index in [1.807, 2.05) is 4.57 Å². The Balaban J connectivity index is 1.63. The van der Waals surface area contributed by atoms with Crippen LogP contribution in [-0.4, -0.2) is 25.2 Å². The monoisotopic (exact) mass is 393 g/mol. The van der Waals surface area contributed by atoms with Crippen molar-refractivity contribution in [3.63, 3.8) is 0 Å². The summed E-state index contributed by atoms with van der Waals surface area (Å²) in [4.78, 5) is 30.5. The molecule has 0 aliphatic carbocycles. The third kappa shape index (κ3) is 4.09. The summed E-state index contributed by atoms with van der Waals surface area (Å²) in [5.41, 5.74) is 1.08. The number of unbranched alkanes of at least 4 members (excludes halogenated alkanes) is 1. The van der Waals surface area contributed by atoms with Gasteiger partial charge in [0.05, 0.1) is 17.1 Å². The molecule has 1 aliphatic rings. The number of aromatic nitrogens is 4. The molecule has 1 aliphatic heterocycles. The van der Waals surface area contributed by atoms with Gasteiger partial charge in [0.15, 0.2) is 0 Å². The van der Waals surface area contributed by atoms with E-state index in [0.29, 0.717) is 22.3 Å². The van der Waals surface area contributed by atoms with E-state index in [-0.39, 0.29) is 11.5 Å². The molecule has 0 saturated heterocycles. The second-order valence-electron chi connectivity index (χ2n) is 7.63. The molecule has 0 unspecified atom stereocenters. The lowest BCUT2D eigenvalue weighted by molar-refractivity contribution is 0.102. The molecule has 7 nitrogen and oxygen atoms in total. The largest absolute Gasteiger partial charge is 0.307 e. The summed E-state index contributed by atoms with van der Waals surface area (Å²) < 4.78 is 3.61. The average molecular weight is 393 g/mol. The van der Waals surface area contributed by atoms with Crippen LogP contribution in [-0.2, 0) is 19.5 Å². The number of nitrogens with one attached hydrogen (secondary N) is 1.